The van der Waals surface area contributed by atoms with E-state index in [1.165, 1.54) is 41.3 Å². The Morgan fingerprint density at radius 2 is 2.09 bits per heavy atom. The highest BCUT2D eigenvalue weighted by atomic mass is 127. The molecule has 0 bridgehead atoms. The maximum atomic E-state index is 13.3. The molecule has 3 rings (SSSR count). The summed E-state index contributed by atoms with van der Waals surface area (Å²) in [7, 11) is -4.11. The molecule has 0 fully saturated rings. The second kappa shape index (κ2) is 12.2. The molecule has 1 atom stereocenters. The van der Waals surface area contributed by atoms with E-state index >= 15 is 0 Å². The van der Waals surface area contributed by atoms with Gasteiger partial charge in [0.05, 0.1) is 22.0 Å². The first kappa shape index (κ1) is 26.7. The van der Waals surface area contributed by atoms with Crippen molar-refractivity contribution in [1.29, 1.82) is 0 Å². The minimum absolute atomic E-state index is 0.101. The normalized spacial score (nSPS) is 13.4. The molecule has 0 aliphatic heterocycles. The Morgan fingerprint density at radius 3 is 2.79 bits per heavy atom. The quantitative estimate of drug-likeness (QED) is 0.289. The molecule has 12 heteroatoms. The fraction of sp³-hybridized carbons (Fsp3) is 0.409. The maximum absolute atomic E-state index is 13.3. The van der Waals surface area contributed by atoms with Crippen molar-refractivity contribution in [2.75, 3.05) is 6.61 Å². The zero-order valence-electron chi connectivity index (χ0n) is 19.1. The number of rotatable bonds is 11. The maximum Gasteiger partial charge on any atom is 0.409 e. The predicted molar refractivity (Wildman–Crippen MR) is 138 cm³/mol. The van der Waals surface area contributed by atoms with Gasteiger partial charge in [0.15, 0.2) is 4.80 Å². The Morgan fingerprint density at radius 1 is 1.29 bits per heavy atom. The van der Waals surface area contributed by atoms with Crippen LogP contribution in [0.25, 0.3) is 10.2 Å². The fourth-order valence-corrected chi connectivity index (χ4v) is 4.99. The second-order valence-corrected chi connectivity index (χ2v) is 10.7. The van der Waals surface area contributed by atoms with E-state index in [0.717, 1.165) is 41.6 Å². The number of ether oxygens (including phenoxy) is 1. The Labute approximate surface area is 216 Å². The molecule has 0 unspecified atom stereocenters. The molecule has 0 N–H and O–H groups in total. The lowest BCUT2D eigenvalue weighted by atomic mass is 10.1. The van der Waals surface area contributed by atoms with Crippen LogP contribution in [0.1, 0.15) is 49.5 Å². The van der Waals surface area contributed by atoms with E-state index in [9.17, 15) is 13.2 Å². The van der Waals surface area contributed by atoms with E-state index < -0.39 is 22.4 Å². The fourth-order valence-electron chi connectivity index (χ4n) is 3.22. The van der Waals surface area contributed by atoms with Crippen molar-refractivity contribution < 1.29 is 24.6 Å². The van der Waals surface area contributed by atoms with Crippen molar-refractivity contribution in [1.82, 2.24) is 9.55 Å². The number of carbonyl (C=O) groups excluding carboxylic acids is 1. The number of fused-ring (bicyclic) bond motifs is 1. The number of unbranched alkanes of at least 4 members (excludes halogenated alkanes) is 1. The number of carbonyl (C=O) groups is 1. The Kier molecular flexibility index (Phi) is 9.59. The molecule has 0 radical (unpaired) electrons. The summed E-state index contributed by atoms with van der Waals surface area (Å²) in [4.78, 5) is 22.6. The van der Waals surface area contributed by atoms with Crippen LogP contribution in [0.5, 0.6) is 5.75 Å². The standard InChI is InChI=1S/C22H26IN3O6S2/c1-4-6-11-26-18-13-24-10-9-20(18)33-22(26)25-21(27)17-12-16(5-2)7-8-19(17)30-14-15(3)31-34(28,29)32-23/h7-10,12-13,15H,4-6,11,14H2,1-3H3/b25-22-/t15-/m0/s1. The molecule has 2 aromatic heterocycles. The van der Waals surface area contributed by atoms with Gasteiger partial charge in [-0.2, -0.15) is 15.9 Å². The summed E-state index contributed by atoms with van der Waals surface area (Å²) in [6.07, 6.45) is 5.37. The van der Waals surface area contributed by atoms with Crippen molar-refractivity contribution in [2.45, 2.75) is 52.7 Å². The number of thiazole rings is 1. The van der Waals surface area contributed by atoms with E-state index in [2.05, 4.69) is 19.4 Å². The molecular weight excluding hydrogens is 593 g/mol. The number of benzene rings is 1. The number of hydrogen-bond acceptors (Lipinski definition) is 8. The number of pyridine rings is 1. The lowest BCUT2D eigenvalue weighted by Crippen LogP contribution is -2.22. The van der Waals surface area contributed by atoms with Crippen LogP contribution in [0.3, 0.4) is 0 Å². The second-order valence-electron chi connectivity index (χ2n) is 7.52. The van der Waals surface area contributed by atoms with Crippen molar-refractivity contribution in [2.24, 2.45) is 4.99 Å². The van der Waals surface area contributed by atoms with Crippen LogP contribution < -0.4 is 9.54 Å². The average molecular weight is 620 g/mol. The average Bonchev–Trinajstić information content (AvgIpc) is 3.17. The molecule has 34 heavy (non-hydrogen) atoms. The molecule has 1 amide bonds. The van der Waals surface area contributed by atoms with Gasteiger partial charge < -0.3 is 9.30 Å². The first-order valence-electron chi connectivity index (χ1n) is 10.8. The number of aromatic nitrogens is 2. The number of halogens is 1. The summed E-state index contributed by atoms with van der Waals surface area (Å²) in [6.45, 7) is 6.26. The summed E-state index contributed by atoms with van der Waals surface area (Å²) < 4.78 is 40.9. The lowest BCUT2D eigenvalue weighted by Gasteiger charge is -2.15. The van der Waals surface area contributed by atoms with E-state index in [1.54, 1.807) is 24.5 Å². The van der Waals surface area contributed by atoms with Gasteiger partial charge in [-0.3, -0.25) is 9.78 Å². The molecule has 0 aliphatic carbocycles. The largest absolute Gasteiger partial charge is 0.490 e. The number of nitrogens with zero attached hydrogens (tertiary/aromatic N) is 3. The third-order valence-corrected chi connectivity index (χ3v) is 8.03. The lowest BCUT2D eigenvalue weighted by molar-refractivity contribution is 0.0986. The first-order chi connectivity index (χ1) is 16.3. The van der Waals surface area contributed by atoms with Gasteiger partial charge in [0.1, 0.15) is 41.5 Å². The molecule has 0 aliphatic rings. The number of aryl methyl sites for hydroxylation is 2. The minimum atomic E-state index is -4.11. The van der Waals surface area contributed by atoms with Gasteiger partial charge in [-0.05, 0) is 43.5 Å². The molecule has 1 aromatic carbocycles. The van der Waals surface area contributed by atoms with Gasteiger partial charge in [-0.25, -0.2) is 4.18 Å². The Balaban J connectivity index is 1.95. The monoisotopic (exact) mass is 619 g/mol. The minimum Gasteiger partial charge on any atom is -0.490 e. The molecule has 9 nitrogen and oxygen atoms in total. The molecule has 0 spiro atoms. The number of amides is 1. The van der Waals surface area contributed by atoms with E-state index in [-0.39, 0.29) is 6.61 Å². The first-order valence-corrected chi connectivity index (χ1v) is 13.8. The number of hydrogen-bond donors (Lipinski definition) is 0. The highest BCUT2D eigenvalue weighted by Crippen LogP contribution is 2.23. The van der Waals surface area contributed by atoms with E-state index in [1.807, 2.05) is 23.6 Å². The van der Waals surface area contributed by atoms with Crippen molar-refractivity contribution in [3.63, 3.8) is 0 Å². The van der Waals surface area contributed by atoms with Crippen LogP contribution in [0.4, 0.5) is 0 Å². The van der Waals surface area contributed by atoms with Crippen LogP contribution in [0, 0.1) is 0 Å². The summed E-state index contributed by atoms with van der Waals surface area (Å²) >= 11 is 2.67. The summed E-state index contributed by atoms with van der Waals surface area (Å²) in [6, 6.07) is 7.21. The van der Waals surface area contributed by atoms with E-state index in [4.69, 9.17) is 8.92 Å². The zero-order valence-corrected chi connectivity index (χ0v) is 22.9. The van der Waals surface area contributed by atoms with Gasteiger partial charge in [-0.1, -0.05) is 37.7 Å². The van der Waals surface area contributed by atoms with Crippen molar-refractivity contribution in [3.05, 3.63) is 52.6 Å². The molecule has 184 valence electrons. The van der Waals surface area contributed by atoms with Gasteiger partial charge in [0, 0.05) is 12.7 Å². The van der Waals surface area contributed by atoms with Crippen LogP contribution >= 0.6 is 34.3 Å². The molecule has 0 saturated heterocycles. The van der Waals surface area contributed by atoms with Gasteiger partial charge in [0.25, 0.3) is 5.91 Å². The summed E-state index contributed by atoms with van der Waals surface area (Å²) in [5, 5.41) is 0. The Hall–Kier alpha value is -1.87. The van der Waals surface area contributed by atoms with Crippen LogP contribution in [0.2, 0.25) is 0 Å². The van der Waals surface area contributed by atoms with E-state index in [0.29, 0.717) is 16.1 Å². The highest BCUT2D eigenvalue weighted by molar-refractivity contribution is 14.1. The molecular formula is C22H26IN3O6S2. The predicted octanol–water partition coefficient (Wildman–Crippen LogP) is 4.60. The highest BCUT2D eigenvalue weighted by Gasteiger charge is 2.19. The van der Waals surface area contributed by atoms with Gasteiger partial charge >= 0.3 is 10.4 Å². The third kappa shape index (κ3) is 6.84. The smallest absolute Gasteiger partial charge is 0.409 e. The zero-order chi connectivity index (χ0) is 24.7. The summed E-state index contributed by atoms with van der Waals surface area (Å²) in [5.74, 6) is -0.135. The van der Waals surface area contributed by atoms with Crippen molar-refractivity contribution in [3.8, 4) is 5.75 Å². The van der Waals surface area contributed by atoms with Gasteiger partial charge in [-0.15, -0.1) is 0 Å². The van der Waals surface area contributed by atoms with Crippen LogP contribution in [-0.2, 0) is 30.1 Å². The van der Waals surface area contributed by atoms with Crippen LogP contribution in [0.15, 0.2) is 41.7 Å². The SMILES string of the molecule is CCCCn1/c(=N/C(=O)c2cc(CC)ccc2OC[C@H](C)OS(=O)(=O)OI)sc2ccncc21. The van der Waals surface area contributed by atoms with Crippen molar-refractivity contribution >= 4 is 60.9 Å². The van der Waals surface area contributed by atoms with Crippen LogP contribution in [-0.4, -0.2) is 36.6 Å². The third-order valence-electron chi connectivity index (χ3n) is 4.93. The summed E-state index contributed by atoms with van der Waals surface area (Å²) in [5.41, 5.74) is 2.20. The molecule has 3 aromatic rings. The van der Waals surface area contributed by atoms with Gasteiger partial charge in [0.2, 0.25) is 0 Å². The molecule has 0 saturated carbocycles. The Bertz CT molecular complexity index is 1320. The topological polar surface area (TPSA) is 109 Å². The molecule has 2 heterocycles.